The molecule has 2 heterocycles. The van der Waals surface area contributed by atoms with E-state index in [-0.39, 0.29) is 25.2 Å². The summed E-state index contributed by atoms with van der Waals surface area (Å²) in [6.45, 7) is -0.225. The monoisotopic (exact) mass is 580 g/mol. The lowest BCUT2D eigenvalue weighted by molar-refractivity contribution is -0.700. The molecule has 1 aromatic heterocycles. The minimum atomic E-state index is -4.57. The Labute approximate surface area is 207 Å². The topological polar surface area (TPSA) is 242 Å². The number of aryl methyl sites for hydroxylation is 1. The number of H-pyrrole nitrogens is 1. The lowest BCUT2D eigenvalue weighted by atomic mass is 10.2. The van der Waals surface area contributed by atoms with Gasteiger partial charge in [-0.1, -0.05) is 0 Å². The number of aromatic nitrogens is 2. The highest BCUT2D eigenvalue weighted by Gasteiger charge is 2.37. The highest BCUT2D eigenvalue weighted by atomic mass is 31.2. The van der Waals surface area contributed by atoms with Gasteiger partial charge in [0.25, 0.3) is 5.56 Å². The van der Waals surface area contributed by atoms with E-state index in [2.05, 4.69) is 43.4 Å². The number of aliphatic hydroxyl groups is 1. The lowest BCUT2D eigenvalue weighted by Crippen LogP contribution is -2.33. The number of ether oxygens (including phenoxy) is 1. The third-order valence-electron chi connectivity index (χ3n) is 4.34. The van der Waals surface area contributed by atoms with E-state index in [1.165, 1.54) is 13.1 Å². The van der Waals surface area contributed by atoms with Crippen LogP contribution in [0.1, 0.15) is 18.2 Å². The average Bonchev–Trinajstić information content (AvgIpc) is 3.21. The molecule has 1 saturated heterocycles. The molecular weight excluding hydrogens is 554 g/mol. The van der Waals surface area contributed by atoms with Gasteiger partial charge in [-0.2, -0.15) is 0 Å². The fourth-order valence-electron chi connectivity index (χ4n) is 2.60. The SMILES string of the molecule is COP(=O)(O)OCCOOOOO/C=C/COP(=O)(O)OC[C@H]1O[C@@H](n2cc(C)c(=O)[nH]c2=O)CC1O. The average molecular weight is 580 g/mol. The van der Waals surface area contributed by atoms with Gasteiger partial charge in [0.15, 0.2) is 0 Å². The third-order valence-corrected chi connectivity index (χ3v) is 6.26. The van der Waals surface area contributed by atoms with Gasteiger partial charge in [0.05, 0.1) is 25.9 Å². The molecule has 1 aromatic rings. The summed E-state index contributed by atoms with van der Waals surface area (Å²) in [5.41, 5.74) is -1.03. The van der Waals surface area contributed by atoms with Crippen molar-refractivity contribution in [2.24, 2.45) is 0 Å². The number of hydrogen-bond acceptors (Lipinski definition) is 15. The third kappa shape index (κ3) is 11.2. The van der Waals surface area contributed by atoms with Crippen molar-refractivity contribution in [3.05, 3.63) is 44.9 Å². The Morgan fingerprint density at radius 3 is 2.62 bits per heavy atom. The second-order valence-corrected chi connectivity index (χ2v) is 9.96. The summed E-state index contributed by atoms with van der Waals surface area (Å²) in [5, 5.41) is 22.1. The van der Waals surface area contributed by atoms with Gasteiger partial charge in [-0.25, -0.2) is 18.8 Å². The fourth-order valence-corrected chi connectivity index (χ4v) is 3.69. The van der Waals surface area contributed by atoms with Crippen LogP contribution in [0, 0.1) is 6.92 Å². The van der Waals surface area contributed by atoms with Crippen LogP contribution in [0.3, 0.4) is 0 Å². The molecule has 0 aromatic carbocycles. The molecule has 21 heteroatoms. The van der Waals surface area contributed by atoms with Crippen molar-refractivity contribution in [3.63, 3.8) is 0 Å². The van der Waals surface area contributed by atoms with Crippen LogP contribution in [0.2, 0.25) is 0 Å². The molecule has 19 nitrogen and oxygen atoms in total. The Morgan fingerprint density at radius 1 is 1.14 bits per heavy atom. The highest BCUT2D eigenvalue weighted by molar-refractivity contribution is 7.47. The number of rotatable bonds is 17. The molecule has 1 aliphatic heterocycles. The maximum absolute atomic E-state index is 12.0. The Kier molecular flexibility index (Phi) is 12.7. The van der Waals surface area contributed by atoms with Gasteiger partial charge in [0.2, 0.25) is 0 Å². The van der Waals surface area contributed by atoms with Crippen molar-refractivity contribution in [1.29, 1.82) is 0 Å². The molecule has 0 bridgehead atoms. The van der Waals surface area contributed by atoms with Gasteiger partial charge in [0, 0.05) is 35.4 Å². The van der Waals surface area contributed by atoms with E-state index in [0.29, 0.717) is 0 Å². The van der Waals surface area contributed by atoms with Gasteiger partial charge < -0.3 is 24.5 Å². The molecule has 37 heavy (non-hydrogen) atoms. The molecule has 2 rings (SSSR count). The van der Waals surface area contributed by atoms with Crippen LogP contribution in [0.25, 0.3) is 0 Å². The first-order valence-corrected chi connectivity index (χ1v) is 13.2. The first kappa shape index (κ1) is 31.4. The van der Waals surface area contributed by atoms with Crippen molar-refractivity contribution < 1.29 is 71.7 Å². The number of aromatic amines is 1. The maximum atomic E-state index is 12.0. The molecule has 0 spiro atoms. The van der Waals surface area contributed by atoms with Crippen LogP contribution in [-0.2, 0) is 56.9 Å². The Bertz CT molecular complexity index is 1090. The summed E-state index contributed by atoms with van der Waals surface area (Å²) in [6.07, 6.45) is 0.0564. The number of nitrogens with one attached hydrogen (secondary N) is 1. The van der Waals surface area contributed by atoms with Crippen LogP contribution in [0.15, 0.2) is 28.1 Å². The van der Waals surface area contributed by atoms with E-state index in [1.807, 2.05) is 0 Å². The van der Waals surface area contributed by atoms with Crippen LogP contribution in [-0.4, -0.2) is 70.2 Å². The van der Waals surface area contributed by atoms with Gasteiger partial charge in [-0.05, 0) is 18.0 Å². The van der Waals surface area contributed by atoms with E-state index in [0.717, 1.165) is 24.0 Å². The van der Waals surface area contributed by atoms with Crippen LogP contribution in [0.5, 0.6) is 0 Å². The number of hydrogen-bond donors (Lipinski definition) is 4. The number of nitrogens with zero attached hydrogens (tertiary/aromatic N) is 1. The molecular formula is C16H26N2O17P2. The largest absolute Gasteiger partial charge is 0.472 e. The Hall–Kier alpha value is -1.80. The van der Waals surface area contributed by atoms with Crippen molar-refractivity contribution in [2.45, 2.75) is 31.8 Å². The number of phosphoric acid groups is 2. The zero-order valence-corrected chi connectivity index (χ0v) is 21.2. The molecule has 0 aliphatic carbocycles. The second-order valence-electron chi connectivity index (χ2n) is 6.95. The van der Waals surface area contributed by atoms with Gasteiger partial charge in [0.1, 0.15) is 25.2 Å². The lowest BCUT2D eigenvalue weighted by Gasteiger charge is -2.18. The van der Waals surface area contributed by atoms with Crippen LogP contribution in [0.4, 0.5) is 0 Å². The minimum Gasteiger partial charge on any atom is -0.390 e. The predicted molar refractivity (Wildman–Crippen MR) is 115 cm³/mol. The Morgan fingerprint density at radius 2 is 1.89 bits per heavy atom. The van der Waals surface area contributed by atoms with Gasteiger partial charge in [-0.15, -0.1) is 0 Å². The van der Waals surface area contributed by atoms with Crippen LogP contribution >= 0.6 is 15.6 Å². The normalized spacial score (nSPS) is 23.2. The minimum absolute atomic E-state index is 0.0285. The molecule has 0 amide bonds. The summed E-state index contributed by atoms with van der Waals surface area (Å²) in [5.74, 6) is 0. The zero-order chi connectivity index (χ0) is 27.5. The first-order chi connectivity index (χ1) is 17.4. The number of phosphoric ester groups is 2. The van der Waals surface area contributed by atoms with E-state index in [9.17, 15) is 28.7 Å². The van der Waals surface area contributed by atoms with E-state index in [1.54, 1.807) is 0 Å². The highest BCUT2D eigenvalue weighted by Crippen LogP contribution is 2.44. The van der Waals surface area contributed by atoms with Gasteiger partial charge in [-0.3, -0.25) is 32.4 Å². The first-order valence-electron chi connectivity index (χ1n) is 10.2. The van der Waals surface area contributed by atoms with Gasteiger partial charge >= 0.3 is 21.3 Å². The molecule has 0 saturated carbocycles. The summed E-state index contributed by atoms with van der Waals surface area (Å²) in [7, 11) is -7.72. The van der Waals surface area contributed by atoms with Crippen molar-refractivity contribution >= 4 is 15.6 Å². The Balaban J connectivity index is 1.60. The van der Waals surface area contributed by atoms with E-state index >= 15 is 0 Å². The maximum Gasteiger partial charge on any atom is 0.472 e. The number of aliphatic hydroxyl groups excluding tert-OH is 1. The van der Waals surface area contributed by atoms with E-state index in [4.69, 9.17) is 14.2 Å². The summed E-state index contributed by atoms with van der Waals surface area (Å²) in [4.78, 5) is 52.9. The summed E-state index contributed by atoms with van der Waals surface area (Å²) < 4.78 is 47.5. The molecule has 4 N–H and O–H groups in total. The molecule has 1 aliphatic rings. The molecule has 0 radical (unpaired) electrons. The predicted octanol–water partition coefficient (Wildman–Crippen LogP) is -0.353. The standard InChI is InChI=1S/C16H26N2O17P2/c1-11-9-18(16(21)17-15(11)20)14-8-12(19)13(32-14)10-31-37(24,25)29-5-3-4-27-33-35-34-28-6-7-30-36(22,23)26-2/h3-4,9,12-14,19H,5-8,10H2,1-2H3,(H,22,23)(H,24,25)(H,17,20,21)/b4-3+/t12?,13-,14-/m1/s1. The zero-order valence-electron chi connectivity index (χ0n) is 19.4. The van der Waals surface area contributed by atoms with E-state index < -0.39 is 58.5 Å². The molecule has 3 unspecified atom stereocenters. The smallest absolute Gasteiger partial charge is 0.390 e. The second kappa shape index (κ2) is 15.0. The summed E-state index contributed by atoms with van der Waals surface area (Å²) >= 11 is 0. The fraction of sp³-hybridized carbons (Fsp3) is 0.625. The molecule has 5 atom stereocenters. The quantitative estimate of drug-likeness (QED) is 0.0605. The molecule has 212 valence electrons. The molecule has 1 fully saturated rings. The summed E-state index contributed by atoms with van der Waals surface area (Å²) in [6, 6.07) is 0. The van der Waals surface area contributed by atoms with Crippen molar-refractivity contribution in [1.82, 2.24) is 9.55 Å². The van der Waals surface area contributed by atoms with Crippen molar-refractivity contribution in [2.75, 3.05) is 33.5 Å². The van der Waals surface area contributed by atoms with Crippen molar-refractivity contribution in [3.8, 4) is 0 Å². The van der Waals surface area contributed by atoms with Crippen LogP contribution < -0.4 is 11.2 Å².